The van der Waals surface area contributed by atoms with Gasteiger partial charge in [-0.3, -0.25) is 9.59 Å². The van der Waals surface area contributed by atoms with E-state index in [1.807, 2.05) is 6.92 Å². The lowest BCUT2D eigenvalue weighted by molar-refractivity contribution is 0.0909. The van der Waals surface area contributed by atoms with Crippen molar-refractivity contribution in [3.05, 3.63) is 40.5 Å². The van der Waals surface area contributed by atoms with Gasteiger partial charge in [0.15, 0.2) is 5.78 Å². The highest BCUT2D eigenvalue weighted by Crippen LogP contribution is 2.38. The maximum absolute atomic E-state index is 15.4. The molecule has 0 unspecified atom stereocenters. The second-order valence-corrected chi connectivity index (χ2v) is 12.6. The Hall–Kier alpha value is -2.74. The Kier molecular flexibility index (Phi) is 7.03. The van der Waals surface area contributed by atoms with Crippen molar-refractivity contribution in [1.29, 1.82) is 0 Å². The van der Waals surface area contributed by atoms with Gasteiger partial charge in [-0.2, -0.15) is 5.10 Å². The second-order valence-electron chi connectivity index (χ2n) is 12.6. The number of amides is 1. The standard InChI is InChI=1S/C28H40FN5O2/c1-16-24-22(13-28(5,6)14-23(24)35)34(33-16)17-11-18(29)25(26(30)36)21(12-17)32-20-10-8-7-9-19(20)31-15-27(2,3)4/h11-12,19-20,31-32H,7-10,13-15H2,1-6H3,(H2,30,36)/t19-,20-/m0/s1. The number of aromatic nitrogens is 2. The van der Waals surface area contributed by atoms with Gasteiger partial charge in [0.05, 0.1) is 33.9 Å². The number of Topliss-reactive ketones (excluding diaryl/α,β-unsaturated/α-hetero) is 1. The van der Waals surface area contributed by atoms with Gasteiger partial charge < -0.3 is 16.4 Å². The number of benzene rings is 1. The molecule has 36 heavy (non-hydrogen) atoms. The van der Waals surface area contributed by atoms with Crippen LogP contribution in [-0.4, -0.2) is 40.1 Å². The van der Waals surface area contributed by atoms with E-state index >= 15 is 4.39 Å². The second kappa shape index (κ2) is 9.61. The number of hydrogen-bond acceptors (Lipinski definition) is 5. The number of carbonyl (C=O) groups excluding carboxylic acids is 2. The Balaban J connectivity index is 1.74. The summed E-state index contributed by atoms with van der Waals surface area (Å²) in [6.45, 7) is 13.3. The molecule has 0 radical (unpaired) electrons. The molecule has 4 N–H and O–H groups in total. The molecule has 1 saturated carbocycles. The number of rotatable bonds is 6. The SMILES string of the molecule is Cc1nn(-c2cc(F)c(C(N)=O)c(N[C@H]3CCCC[C@@H]3NCC(C)(C)C)c2)c2c1C(=O)CC(C)(C)C2. The molecule has 0 aliphatic heterocycles. The monoisotopic (exact) mass is 497 g/mol. The van der Waals surface area contributed by atoms with Crippen LogP contribution in [0.1, 0.15) is 98.8 Å². The minimum Gasteiger partial charge on any atom is -0.380 e. The number of primary amides is 1. The molecular formula is C28H40FN5O2. The summed E-state index contributed by atoms with van der Waals surface area (Å²) in [6.07, 6.45) is 5.20. The van der Waals surface area contributed by atoms with E-state index in [1.54, 1.807) is 10.7 Å². The molecule has 2 atom stereocenters. The number of nitrogens with two attached hydrogens (primary N) is 1. The first-order valence-electron chi connectivity index (χ1n) is 13.0. The molecule has 1 fully saturated rings. The van der Waals surface area contributed by atoms with Gasteiger partial charge in [-0.1, -0.05) is 47.5 Å². The molecule has 4 rings (SSSR count). The zero-order valence-corrected chi connectivity index (χ0v) is 22.4. The molecule has 2 aromatic rings. The first kappa shape index (κ1) is 26.3. The van der Waals surface area contributed by atoms with E-state index in [0.29, 0.717) is 35.5 Å². The number of nitrogens with zero attached hydrogens (tertiary/aromatic N) is 2. The smallest absolute Gasteiger partial charge is 0.253 e. The lowest BCUT2D eigenvalue weighted by Crippen LogP contribution is -2.48. The third-order valence-electron chi connectivity index (χ3n) is 7.29. The molecule has 7 nitrogen and oxygen atoms in total. The average molecular weight is 498 g/mol. The Morgan fingerprint density at radius 3 is 2.50 bits per heavy atom. The van der Waals surface area contributed by atoms with Gasteiger partial charge in [0.25, 0.3) is 5.91 Å². The Bertz CT molecular complexity index is 1180. The van der Waals surface area contributed by atoms with Gasteiger partial charge in [0.1, 0.15) is 5.82 Å². The third kappa shape index (κ3) is 5.48. The van der Waals surface area contributed by atoms with Gasteiger partial charge in [-0.25, -0.2) is 9.07 Å². The van der Waals surface area contributed by atoms with Crippen molar-refractivity contribution >= 4 is 17.4 Å². The third-order valence-corrected chi connectivity index (χ3v) is 7.29. The Morgan fingerprint density at radius 1 is 1.19 bits per heavy atom. The van der Waals surface area contributed by atoms with E-state index in [-0.39, 0.29) is 34.3 Å². The summed E-state index contributed by atoms with van der Waals surface area (Å²) in [4.78, 5) is 25.2. The normalized spacial score (nSPS) is 21.8. The lowest BCUT2D eigenvalue weighted by Gasteiger charge is -2.36. The fraction of sp³-hybridized carbons (Fsp3) is 0.607. The quantitative estimate of drug-likeness (QED) is 0.525. The van der Waals surface area contributed by atoms with Crippen LogP contribution in [0.2, 0.25) is 0 Å². The maximum atomic E-state index is 15.4. The van der Waals surface area contributed by atoms with Crippen molar-refractivity contribution in [3.63, 3.8) is 0 Å². The minimum atomic E-state index is -0.813. The predicted octanol–water partition coefficient (Wildman–Crippen LogP) is 4.93. The Labute approximate surface area is 213 Å². The van der Waals surface area contributed by atoms with Crippen molar-refractivity contribution in [3.8, 4) is 5.69 Å². The molecule has 196 valence electrons. The number of ketones is 1. The number of aryl methyl sites for hydroxylation is 1. The molecule has 1 heterocycles. The van der Waals surface area contributed by atoms with Gasteiger partial charge in [-0.15, -0.1) is 0 Å². The van der Waals surface area contributed by atoms with Crippen molar-refractivity contribution in [2.24, 2.45) is 16.6 Å². The van der Waals surface area contributed by atoms with Gasteiger partial charge in [0.2, 0.25) is 0 Å². The fourth-order valence-corrected chi connectivity index (χ4v) is 5.62. The van der Waals surface area contributed by atoms with Crippen molar-refractivity contribution in [2.75, 3.05) is 11.9 Å². The van der Waals surface area contributed by atoms with Crippen LogP contribution >= 0.6 is 0 Å². The van der Waals surface area contributed by atoms with E-state index in [2.05, 4.69) is 50.4 Å². The molecule has 0 bridgehead atoms. The topological polar surface area (TPSA) is 102 Å². The summed E-state index contributed by atoms with van der Waals surface area (Å²) < 4.78 is 17.1. The van der Waals surface area contributed by atoms with Gasteiger partial charge in [-0.05, 0) is 43.1 Å². The van der Waals surface area contributed by atoms with Crippen LogP contribution in [0.25, 0.3) is 5.69 Å². The molecule has 2 aliphatic carbocycles. The van der Waals surface area contributed by atoms with Crippen molar-refractivity contribution in [1.82, 2.24) is 15.1 Å². The minimum absolute atomic E-state index is 0.0302. The Morgan fingerprint density at radius 2 is 1.86 bits per heavy atom. The zero-order valence-electron chi connectivity index (χ0n) is 22.4. The fourth-order valence-electron chi connectivity index (χ4n) is 5.62. The first-order chi connectivity index (χ1) is 16.8. The summed E-state index contributed by atoms with van der Waals surface area (Å²) in [6, 6.07) is 3.27. The van der Waals surface area contributed by atoms with Gasteiger partial charge in [0, 0.05) is 31.1 Å². The zero-order chi connectivity index (χ0) is 26.4. The largest absolute Gasteiger partial charge is 0.380 e. The molecule has 2 aliphatic rings. The van der Waals surface area contributed by atoms with E-state index in [0.717, 1.165) is 37.9 Å². The van der Waals surface area contributed by atoms with E-state index in [1.165, 1.54) is 6.07 Å². The molecule has 1 aromatic heterocycles. The van der Waals surface area contributed by atoms with Crippen LogP contribution in [0.5, 0.6) is 0 Å². The van der Waals surface area contributed by atoms with Crippen LogP contribution in [0, 0.1) is 23.6 Å². The number of nitrogens with one attached hydrogen (secondary N) is 2. The maximum Gasteiger partial charge on any atom is 0.253 e. The highest BCUT2D eigenvalue weighted by Gasteiger charge is 2.36. The number of fused-ring (bicyclic) bond motifs is 1. The molecule has 1 amide bonds. The van der Waals surface area contributed by atoms with Gasteiger partial charge >= 0.3 is 0 Å². The molecule has 1 aromatic carbocycles. The van der Waals surface area contributed by atoms with E-state index in [4.69, 9.17) is 5.73 Å². The number of carbonyl (C=O) groups is 2. The summed E-state index contributed by atoms with van der Waals surface area (Å²) in [7, 11) is 0. The summed E-state index contributed by atoms with van der Waals surface area (Å²) in [5.41, 5.74) is 8.30. The molecule has 0 saturated heterocycles. The van der Waals surface area contributed by atoms with E-state index in [9.17, 15) is 9.59 Å². The van der Waals surface area contributed by atoms with Crippen LogP contribution < -0.4 is 16.4 Å². The van der Waals surface area contributed by atoms with Crippen LogP contribution in [0.3, 0.4) is 0 Å². The highest BCUT2D eigenvalue weighted by atomic mass is 19.1. The van der Waals surface area contributed by atoms with Crippen LogP contribution in [-0.2, 0) is 6.42 Å². The predicted molar refractivity (Wildman–Crippen MR) is 140 cm³/mol. The van der Waals surface area contributed by atoms with Crippen molar-refractivity contribution < 1.29 is 14.0 Å². The molecule has 0 spiro atoms. The summed E-state index contributed by atoms with van der Waals surface area (Å²) in [5.74, 6) is -1.44. The molecular weight excluding hydrogens is 457 g/mol. The highest BCUT2D eigenvalue weighted by molar-refractivity contribution is 6.00. The summed E-state index contributed by atoms with van der Waals surface area (Å²) in [5, 5.41) is 11.8. The molecule has 8 heteroatoms. The average Bonchev–Trinajstić information content (AvgIpc) is 3.07. The first-order valence-corrected chi connectivity index (χ1v) is 13.0. The number of anilines is 1. The number of hydrogen-bond donors (Lipinski definition) is 3. The van der Waals surface area contributed by atoms with Crippen molar-refractivity contribution in [2.45, 2.75) is 92.2 Å². The summed E-state index contributed by atoms with van der Waals surface area (Å²) >= 11 is 0. The van der Waals surface area contributed by atoms with Crippen LogP contribution in [0.4, 0.5) is 10.1 Å². The lowest BCUT2D eigenvalue weighted by atomic mass is 9.75. The van der Waals surface area contributed by atoms with E-state index < -0.39 is 11.7 Å². The number of halogens is 1. The van der Waals surface area contributed by atoms with Crippen LogP contribution in [0.15, 0.2) is 12.1 Å².